The number of amides is 1. The molecule has 4 heteroatoms. The van der Waals surface area contributed by atoms with E-state index in [1.807, 2.05) is 20.8 Å². The van der Waals surface area contributed by atoms with Crippen molar-refractivity contribution in [2.75, 3.05) is 6.61 Å². The molecule has 17 heavy (non-hydrogen) atoms. The Kier molecular flexibility index (Phi) is 5.93. The quantitative estimate of drug-likeness (QED) is 0.793. The lowest BCUT2D eigenvalue weighted by molar-refractivity contribution is -0.123. The average molecular weight is 306 g/mol. The summed E-state index contributed by atoms with van der Waals surface area (Å²) >= 11 is 3.51. The minimum atomic E-state index is -0.204. The van der Waals surface area contributed by atoms with Crippen LogP contribution >= 0.6 is 15.9 Å². The predicted molar refractivity (Wildman–Crippen MR) is 73.4 cm³/mol. The molecule has 0 aromatic heterocycles. The van der Waals surface area contributed by atoms with Gasteiger partial charge in [-0.3, -0.25) is 4.79 Å². The maximum Gasteiger partial charge on any atom is 0.220 e. The topological polar surface area (TPSA) is 38.3 Å². The second-order valence-corrected chi connectivity index (χ2v) is 6.79. The van der Waals surface area contributed by atoms with Gasteiger partial charge in [0.05, 0.1) is 6.10 Å². The molecule has 0 spiro atoms. The first-order valence-electron chi connectivity index (χ1n) is 6.48. The fourth-order valence-electron chi connectivity index (χ4n) is 1.85. The molecule has 1 saturated heterocycles. The van der Waals surface area contributed by atoms with Crippen molar-refractivity contribution in [2.45, 2.75) is 69.3 Å². The van der Waals surface area contributed by atoms with E-state index < -0.39 is 0 Å². The van der Waals surface area contributed by atoms with Crippen molar-refractivity contribution in [1.29, 1.82) is 0 Å². The molecule has 100 valence electrons. The molecule has 0 saturated carbocycles. The molecular weight excluding hydrogens is 282 g/mol. The van der Waals surface area contributed by atoms with E-state index in [1.165, 1.54) is 6.42 Å². The van der Waals surface area contributed by atoms with Gasteiger partial charge in [-0.2, -0.15) is 0 Å². The highest BCUT2D eigenvalue weighted by atomic mass is 79.9. The van der Waals surface area contributed by atoms with E-state index in [4.69, 9.17) is 4.74 Å². The summed E-state index contributed by atoms with van der Waals surface area (Å²) in [5.41, 5.74) is -0.204. The Morgan fingerprint density at radius 1 is 1.53 bits per heavy atom. The van der Waals surface area contributed by atoms with Crippen LogP contribution < -0.4 is 5.32 Å². The van der Waals surface area contributed by atoms with Gasteiger partial charge in [-0.05, 0) is 39.5 Å². The van der Waals surface area contributed by atoms with Crippen molar-refractivity contribution in [1.82, 2.24) is 5.32 Å². The van der Waals surface area contributed by atoms with Crippen LogP contribution in [0.15, 0.2) is 0 Å². The summed E-state index contributed by atoms with van der Waals surface area (Å²) < 4.78 is 5.62. The van der Waals surface area contributed by atoms with Crippen LogP contribution in [0.4, 0.5) is 0 Å². The van der Waals surface area contributed by atoms with Crippen molar-refractivity contribution >= 4 is 21.8 Å². The summed E-state index contributed by atoms with van der Waals surface area (Å²) in [6.07, 6.45) is 5.20. The summed E-state index contributed by atoms with van der Waals surface area (Å²) in [5.74, 6) is 0.121. The smallest absolute Gasteiger partial charge is 0.220 e. The van der Waals surface area contributed by atoms with Crippen LogP contribution in [0.3, 0.4) is 0 Å². The molecule has 1 aliphatic rings. The number of hydrogen-bond acceptors (Lipinski definition) is 2. The summed E-state index contributed by atoms with van der Waals surface area (Å²) in [4.78, 5) is 12.1. The molecule has 1 fully saturated rings. The summed E-state index contributed by atoms with van der Waals surface area (Å²) in [6, 6.07) is 0. The Morgan fingerprint density at radius 2 is 2.24 bits per heavy atom. The Morgan fingerprint density at radius 3 is 2.76 bits per heavy atom. The number of carbonyl (C=O) groups excluding carboxylic acids is 1. The maximum absolute atomic E-state index is 11.8. The number of rotatable bonds is 5. The summed E-state index contributed by atoms with van der Waals surface area (Å²) in [7, 11) is 0. The molecule has 0 aromatic rings. The normalized spacial score (nSPS) is 23.2. The third-order valence-electron chi connectivity index (χ3n) is 3.42. The standard InChI is InChI=1S/C13H24BrNO2/c1-10(14)13(2,3)15-12(16)8-7-11-6-4-5-9-17-11/h10-11H,4-9H2,1-3H3,(H,15,16). The van der Waals surface area contributed by atoms with Gasteiger partial charge in [0.25, 0.3) is 0 Å². The predicted octanol–water partition coefficient (Wildman–Crippen LogP) is 3.01. The minimum absolute atomic E-state index is 0.121. The van der Waals surface area contributed by atoms with Crippen LogP contribution in [-0.4, -0.2) is 29.0 Å². The highest BCUT2D eigenvalue weighted by Crippen LogP contribution is 2.19. The maximum atomic E-state index is 11.8. The molecule has 1 rings (SSSR count). The number of ether oxygens (including phenoxy) is 1. The number of nitrogens with one attached hydrogen (secondary N) is 1. The third kappa shape index (κ3) is 5.38. The van der Waals surface area contributed by atoms with Gasteiger partial charge in [0.2, 0.25) is 5.91 Å². The van der Waals surface area contributed by atoms with E-state index in [0.29, 0.717) is 12.5 Å². The minimum Gasteiger partial charge on any atom is -0.378 e. The van der Waals surface area contributed by atoms with Crippen molar-refractivity contribution < 1.29 is 9.53 Å². The van der Waals surface area contributed by atoms with E-state index in [1.54, 1.807) is 0 Å². The fourth-order valence-corrected chi connectivity index (χ4v) is 1.96. The largest absolute Gasteiger partial charge is 0.378 e. The number of hydrogen-bond donors (Lipinski definition) is 1. The lowest BCUT2D eigenvalue weighted by atomic mass is 10.0. The van der Waals surface area contributed by atoms with Crippen LogP contribution in [0.5, 0.6) is 0 Å². The highest BCUT2D eigenvalue weighted by Gasteiger charge is 2.26. The molecule has 2 atom stereocenters. The van der Waals surface area contributed by atoms with Gasteiger partial charge in [0.15, 0.2) is 0 Å². The molecule has 1 aliphatic heterocycles. The monoisotopic (exact) mass is 305 g/mol. The van der Waals surface area contributed by atoms with Gasteiger partial charge in [0.1, 0.15) is 0 Å². The first-order chi connectivity index (χ1) is 7.92. The van der Waals surface area contributed by atoms with Crippen molar-refractivity contribution in [3.05, 3.63) is 0 Å². The summed E-state index contributed by atoms with van der Waals surface area (Å²) in [5, 5.41) is 3.05. The van der Waals surface area contributed by atoms with Crippen molar-refractivity contribution in [2.24, 2.45) is 0 Å². The lowest BCUT2D eigenvalue weighted by Crippen LogP contribution is -2.48. The van der Waals surface area contributed by atoms with Gasteiger partial charge in [-0.15, -0.1) is 0 Å². The Labute approximate surface area is 113 Å². The molecule has 0 radical (unpaired) electrons. The van der Waals surface area contributed by atoms with Crippen LogP contribution in [0.2, 0.25) is 0 Å². The van der Waals surface area contributed by atoms with Gasteiger partial charge in [-0.1, -0.05) is 22.9 Å². The van der Waals surface area contributed by atoms with Crippen LogP contribution in [0.1, 0.15) is 52.9 Å². The van der Waals surface area contributed by atoms with E-state index in [2.05, 4.69) is 21.2 Å². The Hall–Kier alpha value is -0.0900. The molecule has 0 bridgehead atoms. The summed E-state index contributed by atoms with van der Waals surface area (Å²) in [6.45, 7) is 6.96. The molecule has 0 aliphatic carbocycles. The second-order valence-electron chi connectivity index (χ2n) is 5.41. The zero-order chi connectivity index (χ0) is 12.9. The van der Waals surface area contributed by atoms with Crippen molar-refractivity contribution in [3.8, 4) is 0 Å². The second kappa shape index (κ2) is 6.74. The van der Waals surface area contributed by atoms with E-state index in [0.717, 1.165) is 25.9 Å². The van der Waals surface area contributed by atoms with Gasteiger partial charge in [0, 0.05) is 23.4 Å². The number of halogens is 1. The lowest BCUT2D eigenvalue weighted by Gasteiger charge is -2.30. The molecule has 3 nitrogen and oxygen atoms in total. The zero-order valence-electron chi connectivity index (χ0n) is 11.1. The van der Waals surface area contributed by atoms with Crippen LogP contribution in [-0.2, 0) is 9.53 Å². The third-order valence-corrected chi connectivity index (χ3v) is 4.57. The molecule has 0 aromatic carbocycles. The average Bonchev–Trinajstić information content (AvgIpc) is 2.27. The first-order valence-corrected chi connectivity index (χ1v) is 7.40. The number of alkyl halides is 1. The Bertz CT molecular complexity index is 248. The highest BCUT2D eigenvalue weighted by molar-refractivity contribution is 9.09. The molecule has 1 heterocycles. The van der Waals surface area contributed by atoms with Gasteiger partial charge < -0.3 is 10.1 Å². The molecular formula is C13H24BrNO2. The van der Waals surface area contributed by atoms with E-state index in [9.17, 15) is 4.79 Å². The zero-order valence-corrected chi connectivity index (χ0v) is 12.7. The van der Waals surface area contributed by atoms with Crippen LogP contribution in [0.25, 0.3) is 0 Å². The Balaban J connectivity index is 2.25. The fraction of sp³-hybridized carbons (Fsp3) is 0.923. The number of carbonyl (C=O) groups is 1. The van der Waals surface area contributed by atoms with Gasteiger partial charge >= 0.3 is 0 Å². The van der Waals surface area contributed by atoms with Crippen molar-refractivity contribution in [3.63, 3.8) is 0 Å². The molecule has 1 amide bonds. The molecule has 2 unspecified atom stereocenters. The van der Waals surface area contributed by atoms with Gasteiger partial charge in [-0.25, -0.2) is 0 Å². The molecule has 1 N–H and O–H groups in total. The van der Waals surface area contributed by atoms with Crippen LogP contribution in [0, 0.1) is 0 Å². The first kappa shape index (κ1) is 15.0. The SMILES string of the molecule is CC(Br)C(C)(C)NC(=O)CCC1CCCCO1. The van der Waals surface area contributed by atoms with E-state index >= 15 is 0 Å². The van der Waals surface area contributed by atoms with E-state index in [-0.39, 0.29) is 16.3 Å².